The van der Waals surface area contributed by atoms with Crippen molar-refractivity contribution in [2.45, 2.75) is 76.1 Å². The highest BCUT2D eigenvalue weighted by molar-refractivity contribution is 6.35. The Morgan fingerprint density at radius 2 is 1.65 bits per heavy atom. The summed E-state index contributed by atoms with van der Waals surface area (Å²) >= 11 is 0. The van der Waals surface area contributed by atoms with E-state index in [4.69, 9.17) is 0 Å². The molecule has 0 aromatic heterocycles. The number of ether oxygens (including phenoxy) is 1. The molecular weight excluding hydrogens is 518 g/mol. The predicted octanol–water partition coefficient (Wildman–Crippen LogP) is 0.845. The molecule has 210 valence electrons. The summed E-state index contributed by atoms with van der Waals surface area (Å²) in [5.41, 5.74) is -2.52. The van der Waals surface area contributed by atoms with Crippen LogP contribution in [0.1, 0.15) is 46.0 Å². The van der Waals surface area contributed by atoms with Crippen molar-refractivity contribution < 1.29 is 55.1 Å². The highest BCUT2D eigenvalue weighted by atomic mass is 19.4. The van der Waals surface area contributed by atoms with Crippen LogP contribution in [0.4, 0.5) is 26.3 Å². The van der Waals surface area contributed by atoms with Gasteiger partial charge in [0.15, 0.2) is 5.78 Å². The SMILES string of the molecule is CC(C)CC(NC(=O)C(=O)NC1(C(F)(F)F)CC1)C(=O)NC(C[C@@H]1CCNC1=O)C(=O)COC(F)(F)F. The van der Waals surface area contributed by atoms with E-state index in [9.17, 15) is 50.3 Å². The Bertz CT molecular complexity index is 903. The third-order valence-electron chi connectivity index (χ3n) is 5.95. The second-order valence-electron chi connectivity index (χ2n) is 9.46. The van der Waals surface area contributed by atoms with Crippen LogP contribution in [-0.4, -0.2) is 72.7 Å². The van der Waals surface area contributed by atoms with Gasteiger partial charge >= 0.3 is 24.4 Å². The Labute approximate surface area is 207 Å². The molecule has 1 saturated carbocycles. The normalized spacial score (nSPS) is 20.6. The fraction of sp³-hybridized carbons (Fsp3) is 0.762. The van der Waals surface area contributed by atoms with E-state index in [0.717, 1.165) is 0 Å². The molecular formula is C21H28F6N4O6. The third-order valence-corrected chi connectivity index (χ3v) is 5.95. The van der Waals surface area contributed by atoms with Crippen molar-refractivity contribution in [2.75, 3.05) is 13.2 Å². The molecule has 1 aliphatic heterocycles. The lowest BCUT2D eigenvalue weighted by atomic mass is 9.95. The molecule has 0 bridgehead atoms. The van der Waals surface area contributed by atoms with Gasteiger partial charge in [0.2, 0.25) is 11.8 Å². The number of carbonyl (C=O) groups is 5. The van der Waals surface area contributed by atoms with Crippen molar-refractivity contribution in [1.29, 1.82) is 0 Å². The minimum atomic E-state index is -5.13. The van der Waals surface area contributed by atoms with E-state index in [1.54, 1.807) is 19.2 Å². The molecule has 2 fully saturated rings. The lowest BCUT2D eigenvalue weighted by Gasteiger charge is -2.25. The highest BCUT2D eigenvalue weighted by Gasteiger charge is 2.64. The van der Waals surface area contributed by atoms with E-state index in [2.05, 4.69) is 15.4 Å². The van der Waals surface area contributed by atoms with Crippen molar-refractivity contribution >= 4 is 29.4 Å². The Morgan fingerprint density at radius 1 is 1.03 bits per heavy atom. The van der Waals surface area contributed by atoms with Gasteiger partial charge in [-0.05, 0) is 38.0 Å². The number of nitrogens with one attached hydrogen (secondary N) is 4. The van der Waals surface area contributed by atoms with Crippen LogP contribution in [0.15, 0.2) is 0 Å². The summed E-state index contributed by atoms with van der Waals surface area (Å²) in [5, 5.41) is 8.32. The summed E-state index contributed by atoms with van der Waals surface area (Å²) in [4.78, 5) is 61.6. The fourth-order valence-corrected chi connectivity index (χ4v) is 3.76. The summed E-state index contributed by atoms with van der Waals surface area (Å²) in [5.74, 6) is -6.98. The molecule has 0 aromatic rings. The number of amides is 4. The smallest absolute Gasteiger partial charge is 0.356 e. The van der Waals surface area contributed by atoms with E-state index in [1.165, 1.54) is 0 Å². The molecule has 0 spiro atoms. The topological polar surface area (TPSA) is 143 Å². The lowest BCUT2D eigenvalue weighted by Crippen LogP contribution is -2.57. The molecule has 2 unspecified atom stereocenters. The maximum absolute atomic E-state index is 13.1. The van der Waals surface area contributed by atoms with Crippen molar-refractivity contribution in [1.82, 2.24) is 21.3 Å². The van der Waals surface area contributed by atoms with Gasteiger partial charge in [-0.2, -0.15) is 13.2 Å². The minimum absolute atomic E-state index is 0.126. The second-order valence-corrected chi connectivity index (χ2v) is 9.46. The van der Waals surface area contributed by atoms with Crippen LogP contribution in [0, 0.1) is 11.8 Å². The summed E-state index contributed by atoms with van der Waals surface area (Å²) in [6, 6.07) is -3.13. The first-order chi connectivity index (χ1) is 16.9. The van der Waals surface area contributed by atoms with Crippen molar-refractivity contribution in [3.8, 4) is 0 Å². The number of carbonyl (C=O) groups excluding carboxylic acids is 5. The quantitative estimate of drug-likeness (QED) is 0.224. The molecule has 1 saturated heterocycles. The number of ketones is 1. The zero-order chi connectivity index (χ0) is 28.2. The molecule has 16 heteroatoms. The van der Waals surface area contributed by atoms with Gasteiger partial charge in [-0.3, -0.25) is 28.7 Å². The first-order valence-electron chi connectivity index (χ1n) is 11.5. The summed E-state index contributed by atoms with van der Waals surface area (Å²) < 4.78 is 80.0. The second kappa shape index (κ2) is 11.6. The third kappa shape index (κ3) is 8.86. The van der Waals surface area contributed by atoms with Gasteiger partial charge in [-0.15, -0.1) is 13.2 Å². The fourth-order valence-electron chi connectivity index (χ4n) is 3.76. The van der Waals surface area contributed by atoms with Crippen molar-refractivity contribution in [3.05, 3.63) is 0 Å². The zero-order valence-corrected chi connectivity index (χ0v) is 20.0. The molecule has 0 radical (unpaired) electrons. The average molecular weight is 546 g/mol. The molecule has 2 rings (SSSR count). The molecule has 0 aromatic carbocycles. The molecule has 3 atom stereocenters. The average Bonchev–Trinajstić information content (AvgIpc) is 3.45. The van der Waals surface area contributed by atoms with E-state index >= 15 is 0 Å². The molecule has 2 aliphatic rings. The summed E-state index contributed by atoms with van der Waals surface area (Å²) in [7, 11) is 0. The van der Waals surface area contributed by atoms with E-state index in [0.29, 0.717) is 0 Å². The first kappa shape index (κ1) is 30.3. The van der Waals surface area contributed by atoms with Gasteiger partial charge in [0.25, 0.3) is 0 Å². The Hall–Kier alpha value is -2.91. The first-order valence-corrected chi connectivity index (χ1v) is 11.5. The van der Waals surface area contributed by atoms with Crippen LogP contribution in [0.3, 0.4) is 0 Å². The maximum Gasteiger partial charge on any atom is 0.522 e. The largest absolute Gasteiger partial charge is 0.522 e. The molecule has 10 nitrogen and oxygen atoms in total. The van der Waals surface area contributed by atoms with Crippen LogP contribution in [0.25, 0.3) is 0 Å². The number of alkyl halides is 6. The molecule has 1 aliphatic carbocycles. The number of hydrogen-bond acceptors (Lipinski definition) is 6. The molecule has 4 N–H and O–H groups in total. The van der Waals surface area contributed by atoms with Crippen molar-refractivity contribution in [3.63, 3.8) is 0 Å². The van der Waals surface area contributed by atoms with Crippen LogP contribution in [0.2, 0.25) is 0 Å². The Balaban J connectivity index is 2.12. The van der Waals surface area contributed by atoms with Crippen LogP contribution >= 0.6 is 0 Å². The van der Waals surface area contributed by atoms with Crippen molar-refractivity contribution in [2.24, 2.45) is 11.8 Å². The maximum atomic E-state index is 13.1. The van der Waals surface area contributed by atoms with Gasteiger partial charge in [-0.1, -0.05) is 13.8 Å². The van der Waals surface area contributed by atoms with Crippen LogP contribution < -0.4 is 21.3 Å². The van der Waals surface area contributed by atoms with Gasteiger partial charge < -0.3 is 21.3 Å². The minimum Gasteiger partial charge on any atom is -0.356 e. The van der Waals surface area contributed by atoms with E-state index in [1.807, 2.05) is 5.32 Å². The van der Waals surface area contributed by atoms with Crippen LogP contribution in [-0.2, 0) is 28.7 Å². The number of halogens is 6. The summed E-state index contributed by atoms with van der Waals surface area (Å²) in [6.07, 6.45) is -11.0. The van der Waals surface area contributed by atoms with E-state index < -0.39 is 84.9 Å². The molecule has 4 amide bonds. The Kier molecular flexibility index (Phi) is 9.54. The predicted molar refractivity (Wildman–Crippen MR) is 112 cm³/mol. The monoisotopic (exact) mass is 546 g/mol. The van der Waals surface area contributed by atoms with Gasteiger partial charge in [0.05, 0.1) is 6.04 Å². The number of hydrogen-bond donors (Lipinski definition) is 4. The van der Waals surface area contributed by atoms with Gasteiger partial charge in [0.1, 0.15) is 18.2 Å². The van der Waals surface area contributed by atoms with Gasteiger partial charge in [-0.25, -0.2) is 0 Å². The highest BCUT2D eigenvalue weighted by Crippen LogP contribution is 2.48. The standard InChI is InChI=1S/C21H28F6N4O6/c1-10(2)7-13(30-17(35)18(36)31-19(4-5-19)20(22,23)24)16(34)29-12(8-11-3-6-28-15(11)33)14(32)9-37-21(25,26)27/h10-13H,3-9H2,1-2H3,(H,28,33)(H,29,34)(H,30,35)(H,31,36)/t11-,12?,13?/m0/s1. The number of rotatable bonds is 11. The van der Waals surface area contributed by atoms with Gasteiger partial charge in [0, 0.05) is 12.5 Å². The zero-order valence-electron chi connectivity index (χ0n) is 20.0. The Morgan fingerprint density at radius 3 is 2.11 bits per heavy atom. The van der Waals surface area contributed by atoms with Crippen LogP contribution in [0.5, 0.6) is 0 Å². The summed E-state index contributed by atoms with van der Waals surface area (Å²) in [6.45, 7) is 2.06. The lowest BCUT2D eigenvalue weighted by molar-refractivity contribution is -0.321. The molecule has 37 heavy (non-hydrogen) atoms. The van der Waals surface area contributed by atoms with E-state index in [-0.39, 0.29) is 31.7 Å². The number of Topliss-reactive ketones (excluding diaryl/α,β-unsaturated/α-hetero) is 1. The molecule has 1 heterocycles.